The fourth-order valence-corrected chi connectivity index (χ4v) is 5.38. The second kappa shape index (κ2) is 7.22. The molecule has 1 aliphatic heterocycles. The molecule has 2 heterocycles. The number of allylic oxidation sites excluding steroid dienone is 2. The maximum absolute atomic E-state index is 12.8. The minimum atomic E-state index is -0.223. The smallest absolute Gasteiger partial charge is 0.254 e. The molecule has 160 valence electrons. The first kappa shape index (κ1) is 19.8. The van der Waals surface area contributed by atoms with E-state index in [1.807, 2.05) is 58.0 Å². The zero-order valence-corrected chi connectivity index (χ0v) is 18.3. The quantitative estimate of drug-likeness (QED) is 0.419. The fraction of sp³-hybridized carbons (Fsp3) is 0.400. The van der Waals surface area contributed by atoms with E-state index in [0.29, 0.717) is 0 Å². The van der Waals surface area contributed by atoms with Crippen LogP contribution in [-0.4, -0.2) is 33.7 Å². The number of amides is 2. The number of hydrogen-bond donors (Lipinski definition) is 0. The third-order valence-electron chi connectivity index (χ3n) is 6.70. The van der Waals surface area contributed by atoms with Crippen LogP contribution in [-0.2, 0) is 9.59 Å². The molecule has 0 N–H and O–H groups in total. The van der Waals surface area contributed by atoms with E-state index in [0.717, 1.165) is 39.8 Å². The van der Waals surface area contributed by atoms with Crippen LogP contribution in [0.2, 0.25) is 0 Å². The van der Waals surface area contributed by atoms with E-state index in [9.17, 15) is 9.59 Å². The molecule has 2 bridgehead atoms. The topological polar surface area (TPSA) is 63.9 Å². The van der Waals surface area contributed by atoms with Crippen LogP contribution in [0.15, 0.2) is 47.6 Å². The Kier molecular flexibility index (Phi) is 4.61. The highest BCUT2D eigenvalue weighted by atomic mass is 16.5. The number of aromatic nitrogens is 1. The highest BCUT2D eigenvalue weighted by molar-refractivity contribution is 6.06. The minimum absolute atomic E-state index is 0.130. The van der Waals surface area contributed by atoms with Gasteiger partial charge in [-0.1, -0.05) is 12.2 Å². The summed E-state index contributed by atoms with van der Waals surface area (Å²) >= 11 is 0. The maximum Gasteiger partial charge on any atom is 0.254 e. The molecule has 4 unspecified atom stereocenters. The Morgan fingerprint density at radius 1 is 1.03 bits per heavy atom. The Morgan fingerprint density at radius 2 is 1.65 bits per heavy atom. The standard InChI is InChI=1S/C25H27N3O3/c1-14(2)31-21-9-7-20(8-10-21)27-15(3)11-19(16(27)4)13-26-28-24(29)22-17-5-6-18(12-17)23(22)25(28)30/h5-11,13-14,17-18,22-23H,12H2,1-4H3. The first-order chi connectivity index (χ1) is 14.8. The van der Waals surface area contributed by atoms with Gasteiger partial charge in [-0.25, -0.2) is 0 Å². The Balaban J connectivity index is 1.38. The lowest BCUT2D eigenvalue weighted by molar-refractivity contribution is -0.140. The van der Waals surface area contributed by atoms with Gasteiger partial charge in [0.2, 0.25) is 0 Å². The van der Waals surface area contributed by atoms with Crippen molar-refractivity contribution in [1.82, 2.24) is 9.58 Å². The molecular formula is C25H27N3O3. The van der Waals surface area contributed by atoms with Crippen molar-refractivity contribution < 1.29 is 14.3 Å². The number of carbonyl (C=O) groups is 2. The molecule has 31 heavy (non-hydrogen) atoms. The molecule has 2 amide bonds. The van der Waals surface area contributed by atoms with E-state index in [1.54, 1.807) is 6.21 Å². The van der Waals surface area contributed by atoms with Gasteiger partial charge in [0, 0.05) is 22.6 Å². The third kappa shape index (κ3) is 3.12. The summed E-state index contributed by atoms with van der Waals surface area (Å²) in [5, 5.41) is 5.44. The monoisotopic (exact) mass is 417 g/mol. The predicted molar refractivity (Wildman–Crippen MR) is 118 cm³/mol. The van der Waals surface area contributed by atoms with Crippen LogP contribution in [0.3, 0.4) is 0 Å². The van der Waals surface area contributed by atoms with Gasteiger partial charge in [0.1, 0.15) is 5.75 Å². The average molecular weight is 418 g/mol. The lowest BCUT2D eigenvalue weighted by Gasteiger charge is -2.13. The van der Waals surface area contributed by atoms with Gasteiger partial charge in [0.25, 0.3) is 11.8 Å². The van der Waals surface area contributed by atoms with Gasteiger partial charge in [-0.2, -0.15) is 10.1 Å². The van der Waals surface area contributed by atoms with Crippen LogP contribution in [0.5, 0.6) is 5.75 Å². The summed E-state index contributed by atoms with van der Waals surface area (Å²) in [6.07, 6.45) is 6.88. The number of hydrazone groups is 1. The van der Waals surface area contributed by atoms with Crippen LogP contribution < -0.4 is 4.74 Å². The number of carbonyl (C=O) groups excluding carboxylic acids is 2. The zero-order valence-electron chi connectivity index (χ0n) is 18.3. The molecule has 2 fully saturated rings. The van der Waals surface area contributed by atoms with E-state index in [1.165, 1.54) is 0 Å². The molecule has 1 aromatic heterocycles. The number of nitrogens with zero attached hydrogens (tertiary/aromatic N) is 3. The molecule has 5 rings (SSSR count). The van der Waals surface area contributed by atoms with Gasteiger partial charge in [0.15, 0.2) is 0 Å². The van der Waals surface area contributed by atoms with Crippen molar-refractivity contribution in [2.75, 3.05) is 0 Å². The number of aryl methyl sites for hydroxylation is 1. The lowest BCUT2D eigenvalue weighted by atomic mass is 9.85. The number of imide groups is 1. The van der Waals surface area contributed by atoms with E-state index in [2.05, 4.69) is 21.8 Å². The average Bonchev–Trinajstić information content (AvgIpc) is 3.46. The van der Waals surface area contributed by atoms with Gasteiger partial charge >= 0.3 is 0 Å². The first-order valence-corrected chi connectivity index (χ1v) is 10.9. The molecule has 0 spiro atoms. The number of rotatable bonds is 5. The number of hydrogen-bond acceptors (Lipinski definition) is 4. The summed E-state index contributed by atoms with van der Waals surface area (Å²) in [5.74, 6) is 0.467. The summed E-state index contributed by atoms with van der Waals surface area (Å²) in [6, 6.07) is 10.00. The van der Waals surface area contributed by atoms with Gasteiger partial charge in [-0.15, -0.1) is 0 Å². The summed E-state index contributed by atoms with van der Waals surface area (Å²) in [4.78, 5) is 25.7. The van der Waals surface area contributed by atoms with Crippen molar-refractivity contribution in [3.8, 4) is 11.4 Å². The second-order valence-corrected chi connectivity index (χ2v) is 9.06. The third-order valence-corrected chi connectivity index (χ3v) is 6.70. The Bertz CT molecular complexity index is 1080. The van der Waals surface area contributed by atoms with Gasteiger partial charge in [-0.05, 0) is 76.3 Å². The van der Waals surface area contributed by atoms with Crippen LogP contribution in [0.4, 0.5) is 0 Å². The van der Waals surface area contributed by atoms with Crippen LogP contribution in [0.1, 0.15) is 37.2 Å². The van der Waals surface area contributed by atoms with E-state index >= 15 is 0 Å². The van der Waals surface area contributed by atoms with Crippen LogP contribution >= 0.6 is 0 Å². The Labute approximate surface area is 182 Å². The van der Waals surface area contributed by atoms with Crippen molar-refractivity contribution in [3.63, 3.8) is 0 Å². The molecule has 1 saturated heterocycles. The van der Waals surface area contributed by atoms with Gasteiger partial charge in [0.05, 0.1) is 24.2 Å². The highest BCUT2D eigenvalue weighted by Gasteiger charge is 2.59. The minimum Gasteiger partial charge on any atom is -0.491 e. The van der Waals surface area contributed by atoms with Crippen molar-refractivity contribution in [3.05, 3.63) is 59.4 Å². The molecule has 1 saturated carbocycles. The molecule has 1 aromatic carbocycles. The molecule has 6 heteroatoms. The second-order valence-electron chi connectivity index (χ2n) is 9.06. The summed E-state index contributed by atoms with van der Waals surface area (Å²) < 4.78 is 7.86. The first-order valence-electron chi connectivity index (χ1n) is 10.9. The molecule has 3 aliphatic rings. The largest absolute Gasteiger partial charge is 0.491 e. The summed E-state index contributed by atoms with van der Waals surface area (Å²) in [5.41, 5.74) is 3.96. The van der Waals surface area contributed by atoms with Gasteiger partial charge in [-0.3, -0.25) is 9.59 Å². The molecule has 2 aromatic rings. The van der Waals surface area contributed by atoms with Gasteiger partial charge < -0.3 is 9.30 Å². The molecule has 0 radical (unpaired) electrons. The Hall–Kier alpha value is -3.15. The van der Waals surface area contributed by atoms with Crippen molar-refractivity contribution in [2.45, 2.75) is 40.2 Å². The van der Waals surface area contributed by atoms with Crippen LogP contribution in [0, 0.1) is 37.5 Å². The van der Waals surface area contributed by atoms with E-state index in [-0.39, 0.29) is 41.6 Å². The van der Waals surface area contributed by atoms with E-state index < -0.39 is 0 Å². The van der Waals surface area contributed by atoms with Crippen molar-refractivity contribution >= 4 is 18.0 Å². The number of ether oxygens (including phenoxy) is 1. The summed E-state index contributed by atoms with van der Waals surface area (Å²) in [7, 11) is 0. The van der Waals surface area contributed by atoms with Crippen molar-refractivity contribution in [2.24, 2.45) is 28.8 Å². The number of benzene rings is 1. The number of fused-ring (bicyclic) bond motifs is 5. The fourth-order valence-electron chi connectivity index (χ4n) is 5.38. The SMILES string of the molecule is Cc1cc(C=NN2C(=O)C3C4C=CC(C4)C3C2=O)c(C)n1-c1ccc(OC(C)C)cc1. The molecule has 6 nitrogen and oxygen atoms in total. The molecular weight excluding hydrogens is 390 g/mol. The summed E-state index contributed by atoms with van der Waals surface area (Å²) in [6.45, 7) is 8.05. The lowest BCUT2D eigenvalue weighted by Crippen LogP contribution is -2.28. The predicted octanol–water partition coefficient (Wildman–Crippen LogP) is 4.02. The molecule has 2 aliphatic carbocycles. The maximum atomic E-state index is 12.8. The van der Waals surface area contributed by atoms with E-state index in [4.69, 9.17) is 4.74 Å². The molecule has 4 atom stereocenters. The normalized spacial score (nSPS) is 26.7. The highest BCUT2D eigenvalue weighted by Crippen LogP contribution is 2.52. The Morgan fingerprint density at radius 3 is 2.23 bits per heavy atom. The van der Waals surface area contributed by atoms with Crippen molar-refractivity contribution in [1.29, 1.82) is 0 Å². The van der Waals surface area contributed by atoms with Crippen LogP contribution in [0.25, 0.3) is 5.69 Å². The zero-order chi connectivity index (χ0) is 21.9.